The van der Waals surface area contributed by atoms with Crippen molar-refractivity contribution in [2.75, 3.05) is 71.2 Å². The molecule has 0 aromatic heterocycles. The highest BCUT2D eigenvalue weighted by molar-refractivity contribution is 5.93. The van der Waals surface area contributed by atoms with Crippen LogP contribution in [0.5, 0.6) is 17.2 Å². The Labute approximate surface area is 207 Å². The van der Waals surface area contributed by atoms with Crippen molar-refractivity contribution in [3.63, 3.8) is 0 Å². The van der Waals surface area contributed by atoms with Gasteiger partial charge in [0.05, 0.1) is 27.9 Å². The minimum absolute atomic E-state index is 0.00377. The van der Waals surface area contributed by atoms with Gasteiger partial charge in [0.2, 0.25) is 17.6 Å². The van der Waals surface area contributed by atoms with Crippen molar-refractivity contribution in [2.24, 2.45) is 0 Å². The number of benzene rings is 2. The second-order valence-corrected chi connectivity index (χ2v) is 8.39. The Morgan fingerprint density at radius 2 is 1.49 bits per heavy atom. The van der Waals surface area contributed by atoms with E-state index in [4.69, 9.17) is 14.2 Å². The monoisotopic (exact) mass is 484 g/mol. The van der Waals surface area contributed by atoms with Crippen molar-refractivity contribution in [3.05, 3.63) is 42.0 Å². The number of aryl methyl sites for hydroxylation is 1. The van der Waals surface area contributed by atoms with Crippen LogP contribution < -0.4 is 24.8 Å². The number of anilines is 2. The van der Waals surface area contributed by atoms with Gasteiger partial charge in [-0.25, -0.2) is 0 Å². The van der Waals surface area contributed by atoms with Gasteiger partial charge in [0.15, 0.2) is 11.5 Å². The van der Waals surface area contributed by atoms with Crippen LogP contribution in [0.3, 0.4) is 0 Å². The van der Waals surface area contributed by atoms with Gasteiger partial charge in [-0.05, 0) is 18.1 Å². The summed E-state index contributed by atoms with van der Waals surface area (Å²) in [4.78, 5) is 29.4. The van der Waals surface area contributed by atoms with Crippen LogP contribution in [0.25, 0.3) is 0 Å². The molecule has 1 heterocycles. The van der Waals surface area contributed by atoms with Crippen LogP contribution in [0.15, 0.2) is 36.4 Å². The smallest absolute Gasteiger partial charge is 0.238 e. The first-order chi connectivity index (χ1) is 17.0. The number of amides is 2. The van der Waals surface area contributed by atoms with Crippen molar-refractivity contribution in [1.29, 1.82) is 0 Å². The molecular weight excluding hydrogens is 448 g/mol. The average Bonchev–Trinajstić information content (AvgIpc) is 2.87. The lowest BCUT2D eigenvalue weighted by molar-refractivity contribution is -0.117. The Kier molecular flexibility index (Phi) is 9.75. The molecule has 1 aliphatic rings. The number of methoxy groups -OCH3 is 3. The molecule has 0 unspecified atom stereocenters. The molecule has 1 aliphatic heterocycles. The van der Waals surface area contributed by atoms with Crippen molar-refractivity contribution in [1.82, 2.24) is 9.80 Å². The third kappa shape index (κ3) is 7.34. The summed E-state index contributed by atoms with van der Waals surface area (Å²) >= 11 is 0. The third-order valence-corrected chi connectivity index (χ3v) is 6.11. The normalized spacial score (nSPS) is 14.3. The zero-order chi connectivity index (χ0) is 25.2. The fourth-order valence-corrected chi connectivity index (χ4v) is 4.15. The van der Waals surface area contributed by atoms with E-state index >= 15 is 0 Å². The lowest BCUT2D eigenvalue weighted by Crippen LogP contribution is -2.49. The Balaban J connectivity index is 1.42. The second kappa shape index (κ2) is 13.0. The Hall–Kier alpha value is -3.30. The van der Waals surface area contributed by atoms with E-state index in [1.54, 1.807) is 12.1 Å². The van der Waals surface area contributed by atoms with Crippen LogP contribution in [-0.4, -0.2) is 82.2 Å². The molecule has 190 valence electrons. The Bertz CT molecular complexity index is 980. The number of piperazine rings is 1. The van der Waals surface area contributed by atoms with Gasteiger partial charge < -0.3 is 29.7 Å². The zero-order valence-corrected chi connectivity index (χ0v) is 21.1. The second-order valence-electron chi connectivity index (χ2n) is 8.39. The van der Waals surface area contributed by atoms with Gasteiger partial charge in [0.25, 0.3) is 0 Å². The van der Waals surface area contributed by atoms with Crippen molar-refractivity contribution in [2.45, 2.75) is 19.8 Å². The van der Waals surface area contributed by atoms with E-state index in [-0.39, 0.29) is 11.8 Å². The molecular formula is C26H36N4O5. The molecule has 2 amide bonds. The minimum Gasteiger partial charge on any atom is -0.493 e. The molecule has 1 fully saturated rings. The fourth-order valence-electron chi connectivity index (χ4n) is 4.15. The fraction of sp³-hybridized carbons (Fsp3) is 0.462. The van der Waals surface area contributed by atoms with Crippen molar-refractivity contribution in [3.8, 4) is 17.2 Å². The molecule has 0 radical (unpaired) electrons. The summed E-state index contributed by atoms with van der Waals surface area (Å²) in [5.41, 5.74) is 2.61. The van der Waals surface area contributed by atoms with Gasteiger partial charge in [-0.3, -0.25) is 14.5 Å². The first kappa shape index (κ1) is 26.3. The number of nitrogens with one attached hydrogen (secondary N) is 2. The molecule has 1 saturated heterocycles. The molecule has 0 saturated carbocycles. The Morgan fingerprint density at radius 3 is 2.09 bits per heavy atom. The summed E-state index contributed by atoms with van der Waals surface area (Å²) in [6.07, 6.45) is 1.24. The summed E-state index contributed by atoms with van der Waals surface area (Å²) in [6, 6.07) is 11.3. The number of carbonyl (C=O) groups excluding carboxylic acids is 2. The molecule has 35 heavy (non-hydrogen) atoms. The van der Waals surface area contributed by atoms with E-state index in [1.165, 1.54) is 21.3 Å². The molecule has 2 aromatic carbocycles. The molecule has 2 aromatic rings. The molecule has 3 rings (SSSR count). The lowest BCUT2D eigenvalue weighted by atomic mass is 10.1. The molecule has 0 aliphatic carbocycles. The average molecular weight is 485 g/mol. The van der Waals surface area contributed by atoms with E-state index in [9.17, 15) is 9.59 Å². The number of rotatable bonds is 11. The van der Waals surface area contributed by atoms with E-state index < -0.39 is 0 Å². The van der Waals surface area contributed by atoms with Gasteiger partial charge in [-0.1, -0.05) is 25.1 Å². The van der Waals surface area contributed by atoms with Gasteiger partial charge in [-0.2, -0.15) is 0 Å². The number of nitrogens with zero attached hydrogens (tertiary/aromatic N) is 2. The summed E-state index contributed by atoms with van der Waals surface area (Å²) in [6.45, 7) is 6.31. The first-order valence-corrected chi connectivity index (χ1v) is 11.9. The van der Waals surface area contributed by atoms with Gasteiger partial charge >= 0.3 is 0 Å². The highest BCUT2D eigenvalue weighted by Crippen LogP contribution is 2.39. The molecule has 9 nitrogen and oxygen atoms in total. The van der Waals surface area contributed by atoms with Crippen LogP contribution >= 0.6 is 0 Å². The van der Waals surface area contributed by atoms with E-state index in [0.717, 1.165) is 43.9 Å². The van der Waals surface area contributed by atoms with Gasteiger partial charge in [0, 0.05) is 62.7 Å². The standard InChI is InChI=1S/C26H36N4O5/c1-5-19-8-6-7-9-21(19)28-25(32)18-30-14-12-29(13-15-30)11-10-24(31)27-20-16-22(33-2)26(35-4)23(17-20)34-3/h6-9,16-17H,5,10-15,18H2,1-4H3,(H,27,31)(H,28,32). The zero-order valence-electron chi connectivity index (χ0n) is 21.1. The lowest BCUT2D eigenvalue weighted by Gasteiger charge is -2.34. The van der Waals surface area contributed by atoms with Crippen molar-refractivity contribution < 1.29 is 23.8 Å². The van der Waals surface area contributed by atoms with Crippen molar-refractivity contribution >= 4 is 23.2 Å². The largest absolute Gasteiger partial charge is 0.493 e. The maximum absolute atomic E-state index is 12.5. The van der Waals surface area contributed by atoms with Crippen LogP contribution in [0.2, 0.25) is 0 Å². The first-order valence-electron chi connectivity index (χ1n) is 11.9. The number of para-hydroxylation sites is 1. The molecule has 2 N–H and O–H groups in total. The van der Waals surface area contributed by atoms with E-state index in [2.05, 4.69) is 27.4 Å². The summed E-state index contributed by atoms with van der Waals surface area (Å²) in [5, 5.41) is 5.94. The minimum atomic E-state index is -0.0873. The predicted octanol–water partition coefficient (Wildman–Crippen LogP) is 2.86. The summed E-state index contributed by atoms with van der Waals surface area (Å²) in [5.74, 6) is 1.37. The highest BCUT2D eigenvalue weighted by atomic mass is 16.5. The number of hydrogen-bond acceptors (Lipinski definition) is 7. The van der Waals surface area contributed by atoms with Crippen LogP contribution in [0.1, 0.15) is 18.9 Å². The highest BCUT2D eigenvalue weighted by Gasteiger charge is 2.20. The van der Waals surface area contributed by atoms with E-state index in [0.29, 0.717) is 42.4 Å². The number of carbonyl (C=O) groups is 2. The quantitative estimate of drug-likeness (QED) is 0.507. The maximum Gasteiger partial charge on any atom is 0.238 e. The van der Waals surface area contributed by atoms with E-state index in [1.807, 2.05) is 24.3 Å². The SMILES string of the molecule is CCc1ccccc1NC(=O)CN1CCN(CCC(=O)Nc2cc(OC)c(OC)c(OC)c2)CC1. The predicted molar refractivity (Wildman–Crippen MR) is 137 cm³/mol. The topological polar surface area (TPSA) is 92.4 Å². The Morgan fingerprint density at radius 1 is 0.857 bits per heavy atom. The molecule has 0 spiro atoms. The molecule has 9 heteroatoms. The van der Waals surface area contributed by atoms with Crippen LogP contribution in [0.4, 0.5) is 11.4 Å². The van der Waals surface area contributed by atoms with Crippen LogP contribution in [-0.2, 0) is 16.0 Å². The van der Waals surface area contributed by atoms with Gasteiger partial charge in [-0.15, -0.1) is 0 Å². The summed E-state index contributed by atoms with van der Waals surface area (Å²) < 4.78 is 16.0. The third-order valence-electron chi connectivity index (χ3n) is 6.11. The van der Waals surface area contributed by atoms with Crippen LogP contribution in [0, 0.1) is 0 Å². The summed E-state index contributed by atoms with van der Waals surface area (Å²) in [7, 11) is 4.61. The molecule has 0 atom stereocenters. The van der Waals surface area contributed by atoms with Gasteiger partial charge in [0.1, 0.15) is 0 Å². The molecule has 0 bridgehead atoms. The maximum atomic E-state index is 12.5. The number of ether oxygens (including phenoxy) is 3. The number of hydrogen-bond donors (Lipinski definition) is 2.